The molecular weight excluding hydrogens is 283 g/mol. The number of aliphatic hydroxyl groups is 1. The Balaban J connectivity index is 2.58. The van der Waals surface area contributed by atoms with Gasteiger partial charge in [0.2, 0.25) is 0 Å². The second kappa shape index (κ2) is 6.09. The molecule has 7 heteroatoms. The summed E-state index contributed by atoms with van der Waals surface area (Å²) in [7, 11) is 1.64. The number of hydrogen-bond donors (Lipinski definition) is 1. The molecule has 0 fully saturated rings. The molecule has 0 aliphatic carbocycles. The molecule has 1 aromatic carbocycles. The van der Waals surface area contributed by atoms with Crippen molar-refractivity contribution in [2.24, 2.45) is 0 Å². The molecule has 2 rings (SSSR count). The van der Waals surface area contributed by atoms with E-state index in [9.17, 15) is 13.2 Å². The minimum atomic E-state index is -4.45. The molecular formula is C14H14F3N3O. The van der Waals surface area contributed by atoms with Gasteiger partial charge in [-0.1, -0.05) is 18.2 Å². The van der Waals surface area contributed by atoms with Gasteiger partial charge in [-0.3, -0.25) is 0 Å². The number of anilines is 1. The number of aliphatic hydroxyl groups excluding tert-OH is 1. The van der Waals surface area contributed by atoms with E-state index >= 15 is 0 Å². The van der Waals surface area contributed by atoms with Gasteiger partial charge in [0.25, 0.3) is 0 Å². The average Bonchev–Trinajstić information content (AvgIpc) is 2.46. The lowest BCUT2D eigenvalue weighted by Crippen LogP contribution is -2.23. The van der Waals surface area contributed by atoms with Gasteiger partial charge in [0.1, 0.15) is 0 Å². The zero-order chi connectivity index (χ0) is 15.5. The zero-order valence-corrected chi connectivity index (χ0v) is 11.3. The Morgan fingerprint density at radius 3 is 2.52 bits per heavy atom. The van der Waals surface area contributed by atoms with E-state index in [0.717, 1.165) is 6.07 Å². The van der Waals surface area contributed by atoms with Crippen LogP contribution in [0.2, 0.25) is 0 Å². The summed E-state index contributed by atoms with van der Waals surface area (Å²) in [6.07, 6.45) is -3.11. The van der Waals surface area contributed by atoms with Crippen LogP contribution in [0.5, 0.6) is 0 Å². The van der Waals surface area contributed by atoms with Crippen molar-refractivity contribution in [1.29, 1.82) is 0 Å². The van der Waals surface area contributed by atoms with Crippen LogP contribution < -0.4 is 4.90 Å². The third kappa shape index (κ3) is 3.30. The lowest BCUT2D eigenvalue weighted by Gasteiger charge is -2.21. The highest BCUT2D eigenvalue weighted by atomic mass is 19.4. The smallest absolute Gasteiger partial charge is 0.395 e. The molecule has 0 atom stereocenters. The number of alkyl halides is 3. The highest BCUT2D eigenvalue weighted by Crippen LogP contribution is 2.39. The molecule has 1 N–H and O–H groups in total. The van der Waals surface area contributed by atoms with Crippen LogP contribution in [0, 0.1) is 0 Å². The molecule has 2 aromatic rings. The molecule has 1 aromatic heterocycles. The van der Waals surface area contributed by atoms with Crippen LogP contribution in [-0.4, -0.2) is 35.5 Å². The first kappa shape index (κ1) is 15.2. The van der Waals surface area contributed by atoms with E-state index in [-0.39, 0.29) is 18.7 Å². The SMILES string of the molecule is CN(CCO)c1nnccc1-c1ccccc1C(F)(F)F. The first-order valence-electron chi connectivity index (χ1n) is 6.25. The van der Waals surface area contributed by atoms with Crippen molar-refractivity contribution in [3.8, 4) is 11.1 Å². The molecule has 0 bridgehead atoms. The summed E-state index contributed by atoms with van der Waals surface area (Å²) >= 11 is 0. The fourth-order valence-corrected chi connectivity index (χ4v) is 2.04. The largest absolute Gasteiger partial charge is 0.417 e. The van der Waals surface area contributed by atoms with E-state index in [1.807, 2.05) is 0 Å². The van der Waals surface area contributed by atoms with Crippen LogP contribution in [0.3, 0.4) is 0 Å². The topological polar surface area (TPSA) is 49.2 Å². The van der Waals surface area contributed by atoms with Gasteiger partial charge in [-0.15, -0.1) is 5.10 Å². The molecule has 0 amide bonds. The molecule has 0 unspecified atom stereocenters. The summed E-state index contributed by atoms with van der Waals surface area (Å²) in [5.74, 6) is 0.295. The molecule has 4 nitrogen and oxygen atoms in total. The first-order chi connectivity index (χ1) is 9.95. The minimum Gasteiger partial charge on any atom is -0.395 e. The Hall–Kier alpha value is -2.15. The maximum Gasteiger partial charge on any atom is 0.417 e. The van der Waals surface area contributed by atoms with Gasteiger partial charge in [0.15, 0.2) is 5.82 Å². The van der Waals surface area contributed by atoms with Crippen LogP contribution in [0.1, 0.15) is 5.56 Å². The molecule has 21 heavy (non-hydrogen) atoms. The third-order valence-electron chi connectivity index (χ3n) is 3.02. The van der Waals surface area contributed by atoms with Crippen LogP contribution >= 0.6 is 0 Å². The van der Waals surface area contributed by atoms with Crippen molar-refractivity contribution >= 4 is 5.82 Å². The van der Waals surface area contributed by atoms with E-state index in [1.54, 1.807) is 18.0 Å². The van der Waals surface area contributed by atoms with Crippen LogP contribution in [0.4, 0.5) is 19.0 Å². The second-order valence-electron chi connectivity index (χ2n) is 4.46. The van der Waals surface area contributed by atoms with Gasteiger partial charge in [-0.2, -0.15) is 18.3 Å². The van der Waals surface area contributed by atoms with Gasteiger partial charge in [0, 0.05) is 19.2 Å². The quantitative estimate of drug-likeness (QED) is 0.942. The van der Waals surface area contributed by atoms with Gasteiger partial charge in [-0.05, 0) is 17.7 Å². The number of likely N-dealkylation sites (N-methyl/N-ethyl adjacent to an activating group) is 1. The van der Waals surface area contributed by atoms with Crippen molar-refractivity contribution in [1.82, 2.24) is 10.2 Å². The standard InChI is InChI=1S/C14H14F3N3O/c1-20(8-9-21)13-11(6-7-18-19-13)10-4-2-3-5-12(10)14(15,16)17/h2-7,21H,8-9H2,1H3. The number of hydrogen-bond acceptors (Lipinski definition) is 4. The van der Waals surface area contributed by atoms with E-state index in [0.29, 0.717) is 11.4 Å². The molecule has 0 saturated heterocycles. The predicted octanol–water partition coefficient (Wildman–Crippen LogP) is 2.59. The number of benzene rings is 1. The lowest BCUT2D eigenvalue weighted by molar-refractivity contribution is -0.137. The Kier molecular flexibility index (Phi) is 4.42. The summed E-state index contributed by atoms with van der Waals surface area (Å²) in [5, 5.41) is 16.6. The van der Waals surface area contributed by atoms with E-state index in [4.69, 9.17) is 5.11 Å². The normalized spacial score (nSPS) is 11.5. The van der Waals surface area contributed by atoms with Crippen LogP contribution in [-0.2, 0) is 6.18 Å². The maximum absolute atomic E-state index is 13.1. The molecule has 0 aliphatic rings. The minimum absolute atomic E-state index is 0.0414. The van der Waals surface area contributed by atoms with E-state index in [2.05, 4.69) is 10.2 Å². The highest BCUT2D eigenvalue weighted by molar-refractivity contribution is 5.78. The summed E-state index contributed by atoms with van der Waals surface area (Å²) in [6, 6.07) is 6.81. The number of halogens is 3. The Morgan fingerprint density at radius 2 is 1.86 bits per heavy atom. The lowest BCUT2D eigenvalue weighted by atomic mass is 10.00. The van der Waals surface area contributed by atoms with Crippen molar-refractivity contribution < 1.29 is 18.3 Å². The molecule has 112 valence electrons. The van der Waals surface area contributed by atoms with Crippen molar-refractivity contribution in [3.05, 3.63) is 42.1 Å². The van der Waals surface area contributed by atoms with Crippen LogP contribution in [0.15, 0.2) is 36.5 Å². The molecule has 0 radical (unpaired) electrons. The average molecular weight is 297 g/mol. The Labute approximate surface area is 119 Å². The Morgan fingerprint density at radius 1 is 1.14 bits per heavy atom. The van der Waals surface area contributed by atoms with E-state index < -0.39 is 11.7 Å². The highest BCUT2D eigenvalue weighted by Gasteiger charge is 2.34. The number of rotatable bonds is 4. The fraction of sp³-hybridized carbons (Fsp3) is 0.286. The van der Waals surface area contributed by atoms with E-state index in [1.165, 1.54) is 24.4 Å². The summed E-state index contributed by atoms with van der Waals surface area (Å²) in [4.78, 5) is 1.56. The van der Waals surface area contributed by atoms with Crippen LogP contribution in [0.25, 0.3) is 11.1 Å². The Bertz CT molecular complexity index is 616. The monoisotopic (exact) mass is 297 g/mol. The van der Waals surface area contributed by atoms with Crippen molar-refractivity contribution in [2.45, 2.75) is 6.18 Å². The molecule has 0 aliphatic heterocycles. The van der Waals surface area contributed by atoms with Gasteiger partial charge < -0.3 is 10.0 Å². The second-order valence-corrected chi connectivity index (χ2v) is 4.46. The van der Waals surface area contributed by atoms with Gasteiger partial charge in [0.05, 0.1) is 18.4 Å². The molecule has 1 heterocycles. The first-order valence-corrected chi connectivity index (χ1v) is 6.25. The summed E-state index contributed by atoms with van der Waals surface area (Å²) in [6.45, 7) is 0.118. The summed E-state index contributed by atoms with van der Waals surface area (Å²) in [5.41, 5.74) is -0.356. The molecule has 0 saturated carbocycles. The maximum atomic E-state index is 13.1. The number of aromatic nitrogens is 2. The van der Waals surface area contributed by atoms with Gasteiger partial charge >= 0.3 is 6.18 Å². The van der Waals surface area contributed by atoms with Crippen molar-refractivity contribution in [2.75, 3.05) is 25.1 Å². The van der Waals surface area contributed by atoms with Gasteiger partial charge in [-0.25, -0.2) is 0 Å². The third-order valence-corrected chi connectivity index (χ3v) is 3.02. The predicted molar refractivity (Wildman–Crippen MR) is 72.8 cm³/mol. The molecule has 0 spiro atoms. The fourth-order valence-electron chi connectivity index (χ4n) is 2.04. The zero-order valence-electron chi connectivity index (χ0n) is 11.3. The number of nitrogens with zero attached hydrogens (tertiary/aromatic N) is 3. The van der Waals surface area contributed by atoms with Crippen molar-refractivity contribution in [3.63, 3.8) is 0 Å². The summed E-state index contributed by atoms with van der Waals surface area (Å²) < 4.78 is 39.4.